The van der Waals surface area contributed by atoms with Crippen LogP contribution in [-0.4, -0.2) is 9.97 Å². The molecule has 100 valence electrons. The number of rotatable bonds is 3. The van der Waals surface area contributed by atoms with Crippen LogP contribution < -0.4 is 5.32 Å². The average Bonchev–Trinajstić information content (AvgIpc) is 2.36. The monoisotopic (exact) mass is 343 g/mol. The van der Waals surface area contributed by atoms with Gasteiger partial charge >= 0.3 is 0 Å². The van der Waals surface area contributed by atoms with Gasteiger partial charge in [-0.05, 0) is 37.6 Å². The van der Waals surface area contributed by atoms with Crippen molar-refractivity contribution in [2.75, 3.05) is 5.32 Å². The fraction of sp³-hybridized carbons (Fsp3) is 0.231. The molecule has 3 nitrogen and oxygen atoms in total. The van der Waals surface area contributed by atoms with Crippen LogP contribution in [0.2, 0.25) is 5.15 Å². The third-order valence-electron chi connectivity index (χ3n) is 2.72. The second-order valence-corrected chi connectivity index (χ2v) is 5.34. The summed E-state index contributed by atoms with van der Waals surface area (Å²) in [6, 6.07) is 4.52. The molecule has 0 atom stereocenters. The number of anilines is 1. The van der Waals surface area contributed by atoms with Crippen molar-refractivity contribution < 1.29 is 4.39 Å². The van der Waals surface area contributed by atoms with Crippen LogP contribution in [0.4, 0.5) is 10.2 Å². The fourth-order valence-electron chi connectivity index (χ4n) is 1.55. The quantitative estimate of drug-likeness (QED) is 0.904. The minimum Gasteiger partial charge on any atom is -0.363 e. The van der Waals surface area contributed by atoms with Gasteiger partial charge in [-0.25, -0.2) is 14.4 Å². The normalized spacial score (nSPS) is 10.6. The van der Waals surface area contributed by atoms with Crippen LogP contribution in [0.3, 0.4) is 0 Å². The van der Waals surface area contributed by atoms with Gasteiger partial charge in [-0.3, -0.25) is 0 Å². The van der Waals surface area contributed by atoms with Crippen LogP contribution >= 0.6 is 27.5 Å². The van der Waals surface area contributed by atoms with Crippen molar-refractivity contribution in [2.24, 2.45) is 0 Å². The zero-order valence-corrected chi connectivity index (χ0v) is 12.8. The second kappa shape index (κ2) is 5.84. The Kier molecular flexibility index (Phi) is 4.37. The summed E-state index contributed by atoms with van der Waals surface area (Å²) in [5.74, 6) is 0.221. The molecule has 0 aliphatic rings. The summed E-state index contributed by atoms with van der Waals surface area (Å²) in [4.78, 5) is 8.50. The summed E-state index contributed by atoms with van der Waals surface area (Å²) in [5, 5.41) is 3.38. The minimum absolute atomic E-state index is 0.280. The topological polar surface area (TPSA) is 37.8 Å². The maximum absolute atomic E-state index is 13.2. The molecular formula is C13H12BrClFN3. The number of nitrogens with zero attached hydrogens (tertiary/aromatic N) is 2. The summed E-state index contributed by atoms with van der Waals surface area (Å²) in [6.07, 6.45) is 0. The van der Waals surface area contributed by atoms with E-state index in [9.17, 15) is 4.39 Å². The lowest BCUT2D eigenvalue weighted by Gasteiger charge is -2.10. The van der Waals surface area contributed by atoms with E-state index in [0.717, 1.165) is 21.4 Å². The highest BCUT2D eigenvalue weighted by Crippen LogP contribution is 2.22. The lowest BCUT2D eigenvalue weighted by Crippen LogP contribution is -2.06. The Hall–Kier alpha value is -1.20. The molecule has 0 aliphatic heterocycles. The highest BCUT2D eigenvalue weighted by molar-refractivity contribution is 9.10. The number of benzene rings is 1. The van der Waals surface area contributed by atoms with Gasteiger partial charge in [0.1, 0.15) is 5.82 Å². The molecule has 0 aliphatic carbocycles. The maximum Gasteiger partial charge on any atom is 0.171 e. The van der Waals surface area contributed by atoms with Gasteiger partial charge < -0.3 is 5.32 Å². The third-order valence-corrected chi connectivity index (χ3v) is 3.76. The van der Waals surface area contributed by atoms with E-state index in [-0.39, 0.29) is 5.82 Å². The molecule has 1 aromatic carbocycles. The Morgan fingerprint density at radius 2 is 1.95 bits per heavy atom. The Labute approximate surface area is 124 Å². The summed E-state index contributed by atoms with van der Waals surface area (Å²) in [6.45, 7) is 4.12. The van der Waals surface area contributed by atoms with Crippen molar-refractivity contribution in [3.63, 3.8) is 0 Å². The fourth-order valence-corrected chi connectivity index (χ4v) is 2.17. The summed E-state index contributed by atoms with van der Waals surface area (Å²) in [5.41, 5.74) is 2.39. The molecule has 0 unspecified atom stereocenters. The number of nitrogens with one attached hydrogen (secondary N) is 1. The Balaban J connectivity index is 2.19. The van der Waals surface area contributed by atoms with Gasteiger partial charge in [-0.2, -0.15) is 0 Å². The SMILES string of the molecule is Cc1nc(Cl)c(NCc2cc(F)ccc2Br)nc1C. The molecule has 0 saturated heterocycles. The van der Waals surface area contributed by atoms with Crippen molar-refractivity contribution in [3.8, 4) is 0 Å². The van der Waals surface area contributed by atoms with Crippen molar-refractivity contribution in [1.29, 1.82) is 0 Å². The van der Waals surface area contributed by atoms with Crippen LogP contribution in [0.25, 0.3) is 0 Å². The molecule has 2 rings (SSSR count). The summed E-state index contributed by atoms with van der Waals surface area (Å²) >= 11 is 9.39. The van der Waals surface area contributed by atoms with Crippen LogP contribution in [-0.2, 0) is 6.54 Å². The third kappa shape index (κ3) is 3.42. The highest BCUT2D eigenvalue weighted by atomic mass is 79.9. The van der Waals surface area contributed by atoms with E-state index < -0.39 is 0 Å². The summed E-state index contributed by atoms with van der Waals surface area (Å²) < 4.78 is 14.0. The first-order chi connectivity index (χ1) is 8.97. The molecule has 6 heteroatoms. The number of aryl methyl sites for hydroxylation is 2. The highest BCUT2D eigenvalue weighted by Gasteiger charge is 2.08. The lowest BCUT2D eigenvalue weighted by molar-refractivity contribution is 0.625. The van der Waals surface area contributed by atoms with Crippen molar-refractivity contribution in [3.05, 3.63) is 50.6 Å². The average molecular weight is 345 g/mol. The Morgan fingerprint density at radius 1 is 1.26 bits per heavy atom. The summed E-state index contributed by atoms with van der Waals surface area (Å²) in [7, 11) is 0. The molecule has 1 aromatic heterocycles. The number of halogens is 3. The molecule has 1 N–H and O–H groups in total. The van der Waals surface area contributed by atoms with E-state index in [4.69, 9.17) is 11.6 Å². The molecule has 1 heterocycles. The zero-order chi connectivity index (χ0) is 14.0. The van der Waals surface area contributed by atoms with E-state index in [2.05, 4.69) is 31.2 Å². The first kappa shape index (κ1) is 14.2. The van der Waals surface area contributed by atoms with Crippen molar-refractivity contribution >= 4 is 33.3 Å². The van der Waals surface area contributed by atoms with Crippen molar-refractivity contribution in [2.45, 2.75) is 20.4 Å². The molecule has 0 fully saturated rings. The van der Waals surface area contributed by atoms with Crippen molar-refractivity contribution in [1.82, 2.24) is 9.97 Å². The van der Waals surface area contributed by atoms with Crippen LogP contribution in [0.15, 0.2) is 22.7 Å². The van der Waals surface area contributed by atoms with Crippen LogP contribution in [0, 0.1) is 19.7 Å². The van der Waals surface area contributed by atoms with E-state index in [1.807, 2.05) is 13.8 Å². The van der Waals surface area contributed by atoms with E-state index >= 15 is 0 Å². The molecule has 0 bridgehead atoms. The van der Waals surface area contributed by atoms with E-state index in [0.29, 0.717) is 17.5 Å². The smallest absolute Gasteiger partial charge is 0.171 e. The van der Waals surface area contributed by atoms with Gasteiger partial charge in [-0.1, -0.05) is 27.5 Å². The van der Waals surface area contributed by atoms with Gasteiger partial charge in [-0.15, -0.1) is 0 Å². The zero-order valence-electron chi connectivity index (χ0n) is 10.5. The van der Waals surface area contributed by atoms with E-state index in [1.165, 1.54) is 12.1 Å². The predicted octanol–water partition coefficient (Wildman–Crippen LogP) is 4.26. The number of hydrogen-bond donors (Lipinski definition) is 1. The number of hydrogen-bond acceptors (Lipinski definition) is 3. The molecule has 19 heavy (non-hydrogen) atoms. The van der Waals surface area contributed by atoms with Gasteiger partial charge in [0.15, 0.2) is 11.0 Å². The van der Waals surface area contributed by atoms with Gasteiger partial charge in [0, 0.05) is 11.0 Å². The lowest BCUT2D eigenvalue weighted by atomic mass is 10.2. The largest absolute Gasteiger partial charge is 0.363 e. The predicted molar refractivity (Wildman–Crippen MR) is 77.9 cm³/mol. The Bertz CT molecular complexity index is 619. The van der Waals surface area contributed by atoms with Gasteiger partial charge in [0.05, 0.1) is 11.4 Å². The van der Waals surface area contributed by atoms with Crippen LogP contribution in [0.1, 0.15) is 17.0 Å². The van der Waals surface area contributed by atoms with Gasteiger partial charge in [0.25, 0.3) is 0 Å². The molecule has 0 amide bonds. The first-order valence-corrected chi connectivity index (χ1v) is 6.83. The first-order valence-electron chi connectivity index (χ1n) is 5.66. The number of aromatic nitrogens is 2. The van der Waals surface area contributed by atoms with Crippen LogP contribution in [0.5, 0.6) is 0 Å². The molecule has 0 saturated carbocycles. The molecular weight excluding hydrogens is 333 g/mol. The van der Waals surface area contributed by atoms with E-state index in [1.54, 1.807) is 6.07 Å². The maximum atomic E-state index is 13.2. The minimum atomic E-state index is -0.280. The van der Waals surface area contributed by atoms with Gasteiger partial charge in [0.2, 0.25) is 0 Å². The molecule has 2 aromatic rings. The molecule has 0 spiro atoms. The standard InChI is InChI=1S/C13H12BrClFN3/c1-7-8(2)19-13(12(15)18-7)17-6-9-5-10(16)3-4-11(9)14/h3-5H,6H2,1-2H3,(H,17,19). The second-order valence-electron chi connectivity index (χ2n) is 4.12. The molecule has 0 radical (unpaired) electrons. The Morgan fingerprint density at radius 3 is 2.68 bits per heavy atom.